The molecule has 0 aliphatic heterocycles. The first-order chi connectivity index (χ1) is 8.81. The molecule has 18 heavy (non-hydrogen) atoms. The third-order valence-corrected chi connectivity index (χ3v) is 3.32. The average Bonchev–Trinajstić information content (AvgIpc) is 2.40. The van der Waals surface area contributed by atoms with Crippen molar-refractivity contribution in [2.24, 2.45) is 0 Å². The van der Waals surface area contributed by atoms with E-state index in [9.17, 15) is 0 Å². The Morgan fingerprint density at radius 1 is 1.17 bits per heavy atom. The quantitative estimate of drug-likeness (QED) is 0.512. The fraction of sp³-hybridized carbons (Fsp3) is 0.273. The summed E-state index contributed by atoms with van der Waals surface area (Å²) in [5, 5.41) is 5.46. The molecule has 2 aromatic rings. The van der Waals surface area contributed by atoms with Crippen LogP contribution in [0.25, 0.3) is 0 Å². The zero-order valence-corrected chi connectivity index (χ0v) is 11.8. The predicted molar refractivity (Wildman–Crippen MR) is 74.1 cm³/mol. The monoisotopic (exact) mass is 279 g/mol. The molecule has 5 nitrogen and oxygen atoms in total. The minimum absolute atomic E-state index is 0.686. The van der Waals surface area contributed by atoms with E-state index >= 15 is 0 Å². The van der Waals surface area contributed by atoms with Crippen LogP contribution >= 0.6 is 23.5 Å². The second-order valence-electron chi connectivity index (χ2n) is 3.24. The number of nitrogens with zero attached hydrogens (tertiary/aromatic N) is 4. The minimum atomic E-state index is 0.686. The number of thioether (sulfide) groups is 1. The third kappa shape index (κ3) is 3.58. The largest absolute Gasteiger partial charge is 0.370 e. The van der Waals surface area contributed by atoms with Gasteiger partial charge in [0, 0.05) is 25.0 Å². The summed E-state index contributed by atoms with van der Waals surface area (Å²) in [6, 6.07) is 3.70. The molecule has 0 radical (unpaired) electrons. The molecule has 0 atom stereocenters. The van der Waals surface area contributed by atoms with Crippen molar-refractivity contribution < 1.29 is 0 Å². The minimum Gasteiger partial charge on any atom is -0.370 e. The molecule has 2 rings (SSSR count). The van der Waals surface area contributed by atoms with Crippen LogP contribution in [0.5, 0.6) is 0 Å². The molecule has 0 aliphatic rings. The zero-order chi connectivity index (χ0) is 12.8. The molecule has 0 unspecified atom stereocenters. The van der Waals surface area contributed by atoms with Crippen molar-refractivity contribution in [1.29, 1.82) is 0 Å². The van der Waals surface area contributed by atoms with Crippen molar-refractivity contribution in [3.8, 4) is 0 Å². The van der Waals surface area contributed by atoms with Gasteiger partial charge in [0.15, 0.2) is 10.3 Å². The highest BCUT2D eigenvalue weighted by Crippen LogP contribution is 2.25. The van der Waals surface area contributed by atoms with Gasteiger partial charge in [-0.15, -0.1) is 0 Å². The molecule has 0 spiro atoms. The van der Waals surface area contributed by atoms with E-state index < -0.39 is 0 Å². The molecule has 0 aromatic carbocycles. The number of aromatic nitrogens is 4. The van der Waals surface area contributed by atoms with Crippen molar-refractivity contribution in [2.45, 2.75) is 22.3 Å². The SMILES string of the molecule is CCNc1cc(Sc2ncccn2)nc(SC)n1. The van der Waals surface area contributed by atoms with Crippen LogP contribution in [0.3, 0.4) is 0 Å². The second-order valence-corrected chi connectivity index (χ2v) is 5.00. The van der Waals surface area contributed by atoms with Gasteiger partial charge in [-0.1, -0.05) is 11.8 Å². The van der Waals surface area contributed by atoms with E-state index in [-0.39, 0.29) is 0 Å². The van der Waals surface area contributed by atoms with Crippen molar-refractivity contribution in [2.75, 3.05) is 18.1 Å². The maximum Gasteiger partial charge on any atom is 0.193 e. The number of hydrogen-bond donors (Lipinski definition) is 1. The van der Waals surface area contributed by atoms with E-state index in [2.05, 4.69) is 25.3 Å². The molecule has 0 fully saturated rings. The molecule has 1 N–H and O–H groups in total. The first-order valence-electron chi connectivity index (χ1n) is 5.43. The molecule has 0 bridgehead atoms. The molecule has 2 heterocycles. The van der Waals surface area contributed by atoms with Crippen LogP contribution in [0.4, 0.5) is 5.82 Å². The molecule has 0 saturated carbocycles. The molecular formula is C11H13N5S2. The first-order valence-corrected chi connectivity index (χ1v) is 7.47. The number of hydrogen-bond acceptors (Lipinski definition) is 7. The standard InChI is InChI=1S/C11H13N5S2/c1-3-12-8-7-9(16-11(15-8)17-2)18-10-13-5-4-6-14-10/h4-7H,3H2,1-2H3,(H,12,15,16). The van der Waals surface area contributed by atoms with Gasteiger partial charge in [-0.05, 0) is 31.0 Å². The van der Waals surface area contributed by atoms with Crippen molar-refractivity contribution >= 4 is 29.3 Å². The Morgan fingerprint density at radius 3 is 2.61 bits per heavy atom. The van der Waals surface area contributed by atoms with Gasteiger partial charge in [-0.25, -0.2) is 19.9 Å². The maximum atomic E-state index is 4.42. The Bertz CT molecular complexity index is 506. The van der Waals surface area contributed by atoms with Gasteiger partial charge in [0.05, 0.1) is 0 Å². The van der Waals surface area contributed by atoms with Crippen LogP contribution in [0.15, 0.2) is 39.9 Å². The predicted octanol–water partition coefficient (Wildman–Crippen LogP) is 2.57. The summed E-state index contributed by atoms with van der Waals surface area (Å²) >= 11 is 2.95. The van der Waals surface area contributed by atoms with Gasteiger partial charge in [0.25, 0.3) is 0 Å². The summed E-state index contributed by atoms with van der Waals surface area (Å²) in [4.78, 5) is 17.1. The van der Waals surface area contributed by atoms with Crippen molar-refractivity contribution in [3.63, 3.8) is 0 Å². The summed E-state index contributed by atoms with van der Waals surface area (Å²) < 4.78 is 0. The van der Waals surface area contributed by atoms with Crippen molar-refractivity contribution in [3.05, 3.63) is 24.5 Å². The first kappa shape index (κ1) is 13.1. The lowest BCUT2D eigenvalue weighted by Crippen LogP contribution is -2.01. The summed E-state index contributed by atoms with van der Waals surface area (Å²) in [6.07, 6.45) is 5.40. The summed E-state index contributed by atoms with van der Waals surface area (Å²) in [5.41, 5.74) is 0. The van der Waals surface area contributed by atoms with E-state index in [0.717, 1.165) is 22.5 Å². The lowest BCUT2D eigenvalue weighted by Gasteiger charge is -2.06. The van der Waals surface area contributed by atoms with Crippen LogP contribution in [-0.4, -0.2) is 32.7 Å². The molecule has 7 heteroatoms. The van der Waals surface area contributed by atoms with E-state index in [1.54, 1.807) is 18.5 Å². The normalized spacial score (nSPS) is 10.3. The van der Waals surface area contributed by atoms with E-state index in [0.29, 0.717) is 5.16 Å². The van der Waals surface area contributed by atoms with E-state index in [4.69, 9.17) is 0 Å². The topological polar surface area (TPSA) is 63.6 Å². The smallest absolute Gasteiger partial charge is 0.193 e. The molecule has 0 aliphatic carbocycles. The Labute approximate surface area is 114 Å². The highest BCUT2D eigenvalue weighted by molar-refractivity contribution is 7.99. The van der Waals surface area contributed by atoms with Crippen LogP contribution in [0.1, 0.15) is 6.92 Å². The van der Waals surface area contributed by atoms with Crippen molar-refractivity contribution in [1.82, 2.24) is 19.9 Å². The number of anilines is 1. The highest BCUT2D eigenvalue weighted by Gasteiger charge is 2.06. The molecule has 0 amide bonds. The van der Waals surface area contributed by atoms with Gasteiger partial charge in [0.1, 0.15) is 10.8 Å². The summed E-state index contributed by atoms with van der Waals surface area (Å²) in [5.74, 6) is 0.829. The fourth-order valence-corrected chi connectivity index (χ4v) is 2.40. The van der Waals surface area contributed by atoms with Gasteiger partial charge >= 0.3 is 0 Å². The molecule has 2 aromatic heterocycles. The van der Waals surface area contributed by atoms with E-state index in [1.807, 2.05) is 19.2 Å². The number of rotatable bonds is 5. The maximum absolute atomic E-state index is 4.42. The fourth-order valence-electron chi connectivity index (χ4n) is 1.25. The van der Waals surface area contributed by atoms with Gasteiger partial charge in [-0.3, -0.25) is 0 Å². The Morgan fingerprint density at radius 2 is 1.94 bits per heavy atom. The van der Waals surface area contributed by atoms with Gasteiger partial charge < -0.3 is 5.32 Å². The van der Waals surface area contributed by atoms with Gasteiger partial charge in [0.2, 0.25) is 0 Å². The highest BCUT2D eigenvalue weighted by atomic mass is 32.2. The average molecular weight is 279 g/mol. The van der Waals surface area contributed by atoms with Crippen LogP contribution in [-0.2, 0) is 0 Å². The Balaban J connectivity index is 2.24. The molecule has 94 valence electrons. The van der Waals surface area contributed by atoms with Crippen LogP contribution < -0.4 is 5.32 Å². The molecular weight excluding hydrogens is 266 g/mol. The van der Waals surface area contributed by atoms with E-state index in [1.165, 1.54) is 23.5 Å². The Hall–Kier alpha value is -1.34. The third-order valence-electron chi connectivity index (χ3n) is 1.96. The summed E-state index contributed by atoms with van der Waals surface area (Å²) in [6.45, 7) is 2.87. The summed E-state index contributed by atoms with van der Waals surface area (Å²) in [7, 11) is 0. The van der Waals surface area contributed by atoms with Crippen LogP contribution in [0.2, 0.25) is 0 Å². The second kappa shape index (κ2) is 6.55. The van der Waals surface area contributed by atoms with Gasteiger partial charge in [-0.2, -0.15) is 0 Å². The number of nitrogens with one attached hydrogen (secondary N) is 1. The molecule has 0 saturated heterocycles. The lowest BCUT2D eigenvalue weighted by molar-refractivity contribution is 0.883. The zero-order valence-electron chi connectivity index (χ0n) is 10.1. The lowest BCUT2D eigenvalue weighted by atomic mass is 10.5. The Kier molecular flexibility index (Phi) is 4.77. The van der Waals surface area contributed by atoms with Crippen LogP contribution in [0, 0.1) is 0 Å².